The van der Waals surface area contributed by atoms with E-state index >= 15 is 0 Å². The van der Waals surface area contributed by atoms with Crippen molar-refractivity contribution in [3.63, 3.8) is 0 Å². The molecular formula is C7H9F3N2O. The summed E-state index contributed by atoms with van der Waals surface area (Å²) in [5.74, 6) is 0. The first-order valence-electron chi connectivity index (χ1n) is 3.54. The van der Waals surface area contributed by atoms with E-state index in [1.165, 1.54) is 12.4 Å². The van der Waals surface area contributed by atoms with Crippen molar-refractivity contribution < 1.29 is 17.9 Å². The first-order valence-corrected chi connectivity index (χ1v) is 3.54. The molecule has 1 rings (SSSR count). The molecule has 0 aromatic carbocycles. The summed E-state index contributed by atoms with van der Waals surface area (Å²) >= 11 is 0. The van der Waals surface area contributed by atoms with Crippen molar-refractivity contribution >= 4 is 0 Å². The van der Waals surface area contributed by atoms with E-state index in [1.807, 2.05) is 0 Å². The van der Waals surface area contributed by atoms with Crippen LogP contribution in [0.25, 0.3) is 0 Å². The third-order valence-electron chi connectivity index (χ3n) is 1.33. The summed E-state index contributed by atoms with van der Waals surface area (Å²) in [5.41, 5.74) is 0.363. The molecule has 1 aliphatic rings. The first kappa shape index (κ1) is 9.91. The summed E-state index contributed by atoms with van der Waals surface area (Å²) in [4.78, 5) is 1.63. The average molecular weight is 194 g/mol. The highest BCUT2D eigenvalue weighted by Crippen LogP contribution is 2.17. The normalized spacial score (nSPS) is 16.9. The molecular weight excluding hydrogens is 185 g/mol. The molecule has 0 aromatic heterocycles. The van der Waals surface area contributed by atoms with Crippen LogP contribution in [0, 0.1) is 0 Å². The third-order valence-corrected chi connectivity index (χ3v) is 1.33. The molecule has 0 radical (unpaired) electrons. The molecule has 0 atom stereocenters. The van der Waals surface area contributed by atoms with Crippen molar-refractivity contribution in [2.24, 2.45) is 0 Å². The van der Waals surface area contributed by atoms with Crippen molar-refractivity contribution in [2.75, 3.05) is 13.7 Å². The van der Waals surface area contributed by atoms with Gasteiger partial charge in [0.25, 0.3) is 0 Å². The second-order valence-electron chi connectivity index (χ2n) is 2.51. The van der Waals surface area contributed by atoms with Gasteiger partial charge in [-0.15, -0.1) is 13.2 Å². The molecule has 6 heteroatoms. The van der Waals surface area contributed by atoms with Gasteiger partial charge in [0, 0.05) is 25.6 Å². The zero-order valence-corrected chi connectivity index (χ0v) is 6.93. The second kappa shape index (κ2) is 3.69. The molecule has 74 valence electrons. The molecule has 1 heterocycles. The highest BCUT2D eigenvalue weighted by molar-refractivity contribution is 5.09. The zero-order valence-electron chi connectivity index (χ0n) is 6.93. The van der Waals surface area contributed by atoms with Crippen LogP contribution in [0.3, 0.4) is 0 Å². The molecule has 0 fully saturated rings. The van der Waals surface area contributed by atoms with E-state index in [4.69, 9.17) is 0 Å². The fourth-order valence-electron chi connectivity index (χ4n) is 0.827. The summed E-state index contributed by atoms with van der Waals surface area (Å²) in [6.45, 7) is -0.502. The maximum atomic E-state index is 11.6. The van der Waals surface area contributed by atoms with Gasteiger partial charge < -0.3 is 10.2 Å². The third kappa shape index (κ3) is 3.84. The molecule has 3 nitrogen and oxygen atoms in total. The Hall–Kier alpha value is -1.17. The molecule has 0 aromatic rings. The lowest BCUT2D eigenvalue weighted by atomic mass is 10.4. The summed E-state index contributed by atoms with van der Waals surface area (Å²) in [7, 11) is 1.71. The number of nitrogens with zero attached hydrogens (tertiary/aromatic N) is 1. The van der Waals surface area contributed by atoms with Gasteiger partial charge in [-0.3, -0.25) is 4.74 Å². The average Bonchev–Trinajstić information content (AvgIpc) is 2.00. The minimum atomic E-state index is -4.58. The lowest BCUT2D eigenvalue weighted by Gasteiger charge is -2.18. The predicted octanol–water partition coefficient (Wildman–Crippen LogP) is 1.37. The van der Waals surface area contributed by atoms with Crippen molar-refractivity contribution in [1.82, 2.24) is 10.2 Å². The standard InChI is InChI=1S/C7H9F3N2O/c1-12-3-2-11-6(4-12)5-13-7(8,9)10/h2-4,11H,5H2,1H3. The number of rotatable bonds is 2. The predicted molar refractivity (Wildman–Crippen MR) is 40.1 cm³/mol. The van der Waals surface area contributed by atoms with E-state index in [9.17, 15) is 13.2 Å². The van der Waals surface area contributed by atoms with Gasteiger partial charge in [-0.1, -0.05) is 0 Å². The van der Waals surface area contributed by atoms with Gasteiger partial charge in [0.1, 0.15) is 0 Å². The van der Waals surface area contributed by atoms with E-state index in [1.54, 1.807) is 18.1 Å². The van der Waals surface area contributed by atoms with Crippen molar-refractivity contribution in [3.8, 4) is 0 Å². The van der Waals surface area contributed by atoms with Crippen LogP contribution in [0.5, 0.6) is 0 Å². The lowest BCUT2D eigenvalue weighted by Crippen LogP contribution is -2.24. The van der Waals surface area contributed by atoms with E-state index in [2.05, 4.69) is 10.1 Å². The Labute approximate surface area is 73.5 Å². The Balaban J connectivity index is 2.38. The van der Waals surface area contributed by atoms with Crippen molar-refractivity contribution in [3.05, 3.63) is 24.3 Å². The fourth-order valence-corrected chi connectivity index (χ4v) is 0.827. The van der Waals surface area contributed by atoms with Gasteiger partial charge in [0.05, 0.1) is 12.3 Å². The second-order valence-corrected chi connectivity index (χ2v) is 2.51. The molecule has 0 saturated heterocycles. The topological polar surface area (TPSA) is 24.5 Å². The van der Waals surface area contributed by atoms with Crippen LogP contribution in [0.15, 0.2) is 24.3 Å². The van der Waals surface area contributed by atoms with Gasteiger partial charge >= 0.3 is 6.36 Å². The number of alkyl halides is 3. The van der Waals surface area contributed by atoms with Crippen LogP contribution in [0.2, 0.25) is 0 Å². The summed E-state index contributed by atoms with van der Waals surface area (Å²) in [6.07, 6.45) is 0.153. The molecule has 0 saturated carbocycles. The Morgan fingerprint density at radius 1 is 1.54 bits per heavy atom. The Bertz CT molecular complexity index is 234. The van der Waals surface area contributed by atoms with Crippen LogP contribution >= 0.6 is 0 Å². The van der Waals surface area contributed by atoms with Crippen LogP contribution in [-0.4, -0.2) is 24.9 Å². The van der Waals surface area contributed by atoms with Gasteiger partial charge in [0.15, 0.2) is 0 Å². The van der Waals surface area contributed by atoms with E-state index in [0.717, 1.165) is 0 Å². The first-order chi connectivity index (χ1) is 5.97. The highest BCUT2D eigenvalue weighted by Gasteiger charge is 2.29. The molecule has 1 N–H and O–H groups in total. The quantitative estimate of drug-likeness (QED) is 0.718. The monoisotopic (exact) mass is 194 g/mol. The van der Waals surface area contributed by atoms with E-state index in [-0.39, 0.29) is 0 Å². The summed E-state index contributed by atoms with van der Waals surface area (Å²) < 4.78 is 38.4. The zero-order chi connectivity index (χ0) is 9.90. The van der Waals surface area contributed by atoms with Crippen LogP contribution < -0.4 is 5.32 Å². The SMILES string of the molecule is CN1C=CNC(COC(F)(F)F)=C1. The van der Waals surface area contributed by atoms with Crippen LogP contribution in [0.4, 0.5) is 13.2 Å². The molecule has 0 spiro atoms. The number of ether oxygens (including phenoxy) is 1. The van der Waals surface area contributed by atoms with Crippen LogP contribution in [-0.2, 0) is 4.74 Å². The summed E-state index contributed by atoms with van der Waals surface area (Å²) in [5, 5.41) is 2.64. The van der Waals surface area contributed by atoms with Gasteiger partial charge in [0.2, 0.25) is 0 Å². The maximum Gasteiger partial charge on any atom is 0.522 e. The van der Waals surface area contributed by atoms with E-state index < -0.39 is 13.0 Å². The minimum absolute atomic E-state index is 0.363. The largest absolute Gasteiger partial charge is 0.522 e. The smallest absolute Gasteiger partial charge is 0.361 e. The Morgan fingerprint density at radius 3 is 2.77 bits per heavy atom. The maximum absolute atomic E-state index is 11.6. The van der Waals surface area contributed by atoms with Crippen molar-refractivity contribution in [1.29, 1.82) is 0 Å². The molecule has 0 unspecified atom stereocenters. The Kier molecular flexibility index (Phi) is 2.82. The lowest BCUT2D eigenvalue weighted by molar-refractivity contribution is -0.321. The molecule has 0 aliphatic carbocycles. The number of hydrogen-bond acceptors (Lipinski definition) is 3. The van der Waals surface area contributed by atoms with Gasteiger partial charge in [-0.25, -0.2) is 0 Å². The molecule has 0 amide bonds. The fraction of sp³-hybridized carbons (Fsp3) is 0.429. The number of hydrogen-bond donors (Lipinski definition) is 1. The number of halogens is 3. The minimum Gasteiger partial charge on any atom is -0.361 e. The van der Waals surface area contributed by atoms with Gasteiger partial charge in [-0.05, 0) is 0 Å². The van der Waals surface area contributed by atoms with Crippen LogP contribution in [0.1, 0.15) is 0 Å². The number of nitrogens with one attached hydrogen (secondary N) is 1. The van der Waals surface area contributed by atoms with Crippen molar-refractivity contribution in [2.45, 2.75) is 6.36 Å². The summed E-state index contributed by atoms with van der Waals surface area (Å²) in [6, 6.07) is 0. The molecule has 1 aliphatic heterocycles. The highest BCUT2D eigenvalue weighted by atomic mass is 19.4. The van der Waals surface area contributed by atoms with E-state index in [0.29, 0.717) is 5.70 Å². The van der Waals surface area contributed by atoms with Gasteiger partial charge in [-0.2, -0.15) is 0 Å². The molecule has 0 bridgehead atoms. The molecule has 13 heavy (non-hydrogen) atoms. The Morgan fingerprint density at radius 2 is 2.23 bits per heavy atom.